The number of nitrogens with zero attached hydrogens (tertiary/aromatic N) is 1. The highest BCUT2D eigenvalue weighted by Gasteiger charge is 2.11. The molecule has 0 saturated heterocycles. The Morgan fingerprint density at radius 2 is 1.83 bits per heavy atom. The largest absolute Gasteiger partial charge is 0.495 e. The van der Waals surface area contributed by atoms with Crippen molar-refractivity contribution in [3.05, 3.63) is 71.2 Å². The normalized spacial score (nSPS) is 11.2. The number of hydrogen-bond acceptors (Lipinski definition) is 4. The summed E-state index contributed by atoms with van der Waals surface area (Å²) >= 11 is 5.97. The summed E-state index contributed by atoms with van der Waals surface area (Å²) in [6.45, 7) is 1.66. The second-order valence-corrected chi connectivity index (χ2v) is 6.82. The molecule has 0 fully saturated rings. The number of rotatable bonds is 6. The maximum absolute atomic E-state index is 12.5. The van der Waals surface area contributed by atoms with Crippen LogP contribution in [0.15, 0.2) is 65.8 Å². The summed E-state index contributed by atoms with van der Waals surface area (Å²) in [7, 11) is 1.51. The number of halogens is 1. The minimum atomic E-state index is -0.335. The molecule has 0 radical (unpaired) electrons. The van der Waals surface area contributed by atoms with Crippen LogP contribution in [0.1, 0.15) is 23.7 Å². The summed E-state index contributed by atoms with van der Waals surface area (Å²) < 4.78 is 5.21. The smallest absolute Gasteiger partial charge is 0.271 e. The van der Waals surface area contributed by atoms with Crippen LogP contribution in [0.4, 0.5) is 5.69 Å². The van der Waals surface area contributed by atoms with E-state index < -0.39 is 0 Å². The Kier molecular flexibility index (Phi) is 6.46. The number of carbonyl (C=O) groups is 2. The zero-order valence-electron chi connectivity index (χ0n) is 16.0. The van der Waals surface area contributed by atoms with E-state index in [-0.39, 0.29) is 18.2 Å². The SMILES string of the molecule is COc1ccc(Cl)cc1NC(=O)C/C(C)=N\NC(=O)c1cccc2ccccc12. The molecule has 0 bridgehead atoms. The molecule has 0 spiro atoms. The van der Waals surface area contributed by atoms with Crippen LogP contribution in [0.25, 0.3) is 10.8 Å². The van der Waals surface area contributed by atoms with Gasteiger partial charge in [0.1, 0.15) is 5.75 Å². The van der Waals surface area contributed by atoms with Crippen LogP contribution in [0.3, 0.4) is 0 Å². The molecule has 7 heteroatoms. The van der Waals surface area contributed by atoms with Crippen LogP contribution in [0.2, 0.25) is 5.02 Å². The topological polar surface area (TPSA) is 79.8 Å². The van der Waals surface area contributed by atoms with Crippen molar-refractivity contribution in [2.75, 3.05) is 12.4 Å². The van der Waals surface area contributed by atoms with Crippen molar-refractivity contribution in [3.8, 4) is 5.75 Å². The van der Waals surface area contributed by atoms with Gasteiger partial charge in [-0.2, -0.15) is 5.10 Å². The van der Waals surface area contributed by atoms with Crippen LogP contribution in [0.5, 0.6) is 5.75 Å². The molecule has 148 valence electrons. The number of amides is 2. The lowest BCUT2D eigenvalue weighted by Gasteiger charge is -2.10. The number of methoxy groups -OCH3 is 1. The van der Waals surface area contributed by atoms with Crippen LogP contribution in [0, 0.1) is 0 Å². The molecule has 0 aliphatic carbocycles. The average molecular weight is 410 g/mol. The van der Waals surface area contributed by atoms with Gasteiger partial charge < -0.3 is 10.1 Å². The van der Waals surface area contributed by atoms with E-state index in [9.17, 15) is 9.59 Å². The minimum Gasteiger partial charge on any atom is -0.495 e. The van der Waals surface area contributed by atoms with E-state index in [0.717, 1.165) is 10.8 Å². The fraction of sp³-hybridized carbons (Fsp3) is 0.136. The Morgan fingerprint density at radius 3 is 2.62 bits per heavy atom. The molecule has 0 heterocycles. The summed E-state index contributed by atoms with van der Waals surface area (Å²) in [6, 6.07) is 18.1. The van der Waals surface area contributed by atoms with E-state index in [1.807, 2.05) is 36.4 Å². The highest BCUT2D eigenvalue weighted by molar-refractivity contribution is 6.31. The molecule has 0 atom stereocenters. The number of hydrazone groups is 1. The van der Waals surface area contributed by atoms with E-state index in [1.54, 1.807) is 31.2 Å². The minimum absolute atomic E-state index is 0.00544. The Bertz CT molecular complexity index is 1090. The zero-order valence-corrected chi connectivity index (χ0v) is 16.8. The number of nitrogens with one attached hydrogen (secondary N) is 2. The van der Waals surface area contributed by atoms with Crippen LogP contribution in [-0.2, 0) is 4.79 Å². The van der Waals surface area contributed by atoms with Gasteiger partial charge in [0.15, 0.2) is 0 Å². The number of carbonyl (C=O) groups excluding carboxylic acids is 2. The summed E-state index contributed by atoms with van der Waals surface area (Å²) in [5.74, 6) is -0.133. The Hall–Kier alpha value is -3.38. The Morgan fingerprint density at radius 1 is 1.07 bits per heavy atom. The van der Waals surface area contributed by atoms with Crippen molar-refractivity contribution in [2.24, 2.45) is 5.10 Å². The monoisotopic (exact) mass is 409 g/mol. The van der Waals surface area contributed by atoms with Gasteiger partial charge in [0.25, 0.3) is 5.91 Å². The van der Waals surface area contributed by atoms with Crippen molar-refractivity contribution in [1.29, 1.82) is 0 Å². The molecule has 2 N–H and O–H groups in total. The van der Waals surface area contributed by atoms with Gasteiger partial charge in [-0.1, -0.05) is 48.0 Å². The van der Waals surface area contributed by atoms with Gasteiger partial charge >= 0.3 is 0 Å². The number of fused-ring (bicyclic) bond motifs is 1. The molecule has 3 rings (SSSR count). The average Bonchev–Trinajstić information content (AvgIpc) is 2.71. The maximum Gasteiger partial charge on any atom is 0.271 e. The van der Waals surface area contributed by atoms with Gasteiger partial charge in [0.2, 0.25) is 5.91 Å². The van der Waals surface area contributed by atoms with Gasteiger partial charge in [-0.3, -0.25) is 9.59 Å². The first-order chi connectivity index (χ1) is 14.0. The second-order valence-electron chi connectivity index (χ2n) is 6.38. The molecule has 0 aliphatic heterocycles. The third-order valence-electron chi connectivity index (χ3n) is 4.23. The first kappa shape index (κ1) is 20.4. The zero-order chi connectivity index (χ0) is 20.8. The maximum atomic E-state index is 12.5. The highest BCUT2D eigenvalue weighted by Crippen LogP contribution is 2.27. The van der Waals surface area contributed by atoms with Crippen molar-refractivity contribution < 1.29 is 14.3 Å². The van der Waals surface area contributed by atoms with E-state index in [1.165, 1.54) is 7.11 Å². The molecule has 3 aromatic carbocycles. The third-order valence-corrected chi connectivity index (χ3v) is 4.47. The van der Waals surface area contributed by atoms with Crippen LogP contribution in [-0.4, -0.2) is 24.6 Å². The molecule has 0 aromatic heterocycles. The fourth-order valence-corrected chi connectivity index (χ4v) is 3.05. The van der Waals surface area contributed by atoms with Crippen LogP contribution < -0.4 is 15.5 Å². The van der Waals surface area contributed by atoms with E-state index >= 15 is 0 Å². The van der Waals surface area contributed by atoms with E-state index in [4.69, 9.17) is 16.3 Å². The highest BCUT2D eigenvalue weighted by atomic mass is 35.5. The fourth-order valence-electron chi connectivity index (χ4n) is 2.87. The van der Waals surface area contributed by atoms with Crippen molar-refractivity contribution >= 4 is 45.6 Å². The molecular formula is C22H20ClN3O3. The van der Waals surface area contributed by atoms with Gasteiger partial charge in [-0.25, -0.2) is 5.43 Å². The van der Waals surface area contributed by atoms with E-state index in [0.29, 0.717) is 27.7 Å². The third kappa shape index (κ3) is 5.12. The first-order valence-corrected chi connectivity index (χ1v) is 9.30. The lowest BCUT2D eigenvalue weighted by molar-refractivity contribution is -0.115. The lowest BCUT2D eigenvalue weighted by atomic mass is 10.0. The standard InChI is InChI=1S/C22H20ClN3O3/c1-14(12-21(27)24-19-13-16(23)10-11-20(19)29-2)25-26-22(28)18-9-5-7-15-6-3-4-8-17(15)18/h3-11,13H,12H2,1-2H3,(H,24,27)(H,26,28)/b25-14-. The number of benzene rings is 3. The molecule has 0 aliphatic rings. The molecule has 29 heavy (non-hydrogen) atoms. The van der Waals surface area contributed by atoms with Gasteiger partial charge in [-0.05, 0) is 42.0 Å². The van der Waals surface area contributed by atoms with Gasteiger partial charge in [0, 0.05) is 16.3 Å². The van der Waals surface area contributed by atoms with E-state index in [2.05, 4.69) is 15.8 Å². The first-order valence-electron chi connectivity index (χ1n) is 8.92. The van der Waals surface area contributed by atoms with Crippen molar-refractivity contribution in [3.63, 3.8) is 0 Å². The summed E-state index contributed by atoms with van der Waals surface area (Å²) in [4.78, 5) is 24.8. The van der Waals surface area contributed by atoms with Gasteiger partial charge in [0.05, 0.1) is 19.2 Å². The Labute approximate surface area is 173 Å². The van der Waals surface area contributed by atoms with Crippen molar-refractivity contribution in [1.82, 2.24) is 5.43 Å². The molecule has 3 aromatic rings. The number of anilines is 1. The quantitative estimate of drug-likeness (QED) is 0.460. The molecule has 0 unspecified atom stereocenters. The predicted molar refractivity (Wildman–Crippen MR) is 116 cm³/mol. The second kappa shape index (κ2) is 9.21. The molecule has 0 saturated carbocycles. The van der Waals surface area contributed by atoms with Gasteiger partial charge in [-0.15, -0.1) is 0 Å². The predicted octanol–water partition coefficient (Wildman–Crippen LogP) is 4.64. The molecular weight excluding hydrogens is 390 g/mol. The Balaban J connectivity index is 1.65. The lowest BCUT2D eigenvalue weighted by Crippen LogP contribution is -2.21. The van der Waals surface area contributed by atoms with Crippen molar-refractivity contribution in [2.45, 2.75) is 13.3 Å². The number of hydrogen-bond donors (Lipinski definition) is 2. The summed E-state index contributed by atoms with van der Waals surface area (Å²) in [5.41, 5.74) is 3.96. The summed E-state index contributed by atoms with van der Waals surface area (Å²) in [6.07, 6.45) is 0.00544. The van der Waals surface area contributed by atoms with Crippen LogP contribution >= 0.6 is 11.6 Å². The number of ether oxygens (including phenoxy) is 1. The summed E-state index contributed by atoms with van der Waals surface area (Å²) in [5, 5.41) is 9.07. The molecule has 2 amide bonds. The molecule has 6 nitrogen and oxygen atoms in total.